The third kappa shape index (κ3) is 4.73. The SMILES string of the molecule is O=C(COc1ccccc1-c1ccccc1)NNC(=O)c1ccccc1-n1cnnn1. The summed E-state index contributed by atoms with van der Waals surface area (Å²) in [5.74, 6) is -0.445. The molecule has 4 rings (SSSR count). The van der Waals surface area contributed by atoms with Crippen LogP contribution in [0.15, 0.2) is 85.2 Å². The molecule has 0 aliphatic rings. The van der Waals surface area contributed by atoms with Gasteiger partial charge in [0.25, 0.3) is 11.8 Å². The highest BCUT2D eigenvalue weighted by atomic mass is 16.5. The maximum atomic E-state index is 12.5. The van der Waals surface area contributed by atoms with E-state index < -0.39 is 11.8 Å². The van der Waals surface area contributed by atoms with Crippen molar-refractivity contribution in [2.45, 2.75) is 0 Å². The number of nitrogens with one attached hydrogen (secondary N) is 2. The zero-order valence-electron chi connectivity index (χ0n) is 16.3. The van der Waals surface area contributed by atoms with Crippen molar-refractivity contribution in [3.8, 4) is 22.6 Å². The molecule has 0 saturated carbocycles. The number of para-hydroxylation sites is 2. The van der Waals surface area contributed by atoms with Gasteiger partial charge in [0, 0.05) is 5.56 Å². The van der Waals surface area contributed by atoms with Crippen molar-refractivity contribution >= 4 is 11.8 Å². The lowest BCUT2D eigenvalue weighted by molar-refractivity contribution is -0.123. The predicted molar refractivity (Wildman–Crippen MR) is 112 cm³/mol. The van der Waals surface area contributed by atoms with Gasteiger partial charge in [0.1, 0.15) is 12.1 Å². The fourth-order valence-electron chi connectivity index (χ4n) is 2.96. The van der Waals surface area contributed by atoms with Gasteiger partial charge in [-0.3, -0.25) is 20.4 Å². The molecule has 0 spiro atoms. The Balaban J connectivity index is 1.37. The highest BCUT2D eigenvalue weighted by molar-refractivity contribution is 5.98. The van der Waals surface area contributed by atoms with Crippen molar-refractivity contribution in [1.82, 2.24) is 31.1 Å². The molecular weight excluding hydrogens is 396 g/mol. The van der Waals surface area contributed by atoms with Gasteiger partial charge in [0.2, 0.25) is 0 Å². The van der Waals surface area contributed by atoms with Crippen LogP contribution in [-0.2, 0) is 4.79 Å². The van der Waals surface area contributed by atoms with E-state index >= 15 is 0 Å². The van der Waals surface area contributed by atoms with E-state index in [2.05, 4.69) is 26.4 Å². The summed E-state index contributed by atoms with van der Waals surface area (Å²) in [6.07, 6.45) is 1.38. The summed E-state index contributed by atoms with van der Waals surface area (Å²) in [5.41, 5.74) is 7.37. The number of hydrogen-bond acceptors (Lipinski definition) is 6. The van der Waals surface area contributed by atoms with Crippen molar-refractivity contribution < 1.29 is 14.3 Å². The van der Waals surface area contributed by atoms with Crippen molar-refractivity contribution in [1.29, 1.82) is 0 Å². The molecule has 0 radical (unpaired) electrons. The molecule has 0 saturated heterocycles. The lowest BCUT2D eigenvalue weighted by Crippen LogP contribution is -2.44. The Kier molecular flexibility index (Phi) is 5.94. The van der Waals surface area contributed by atoms with E-state index in [1.54, 1.807) is 30.3 Å². The van der Waals surface area contributed by atoms with Gasteiger partial charge >= 0.3 is 0 Å². The number of nitrogens with zero attached hydrogens (tertiary/aromatic N) is 4. The third-order valence-corrected chi connectivity index (χ3v) is 4.39. The number of hydrazine groups is 1. The van der Waals surface area contributed by atoms with Crippen LogP contribution in [0.1, 0.15) is 10.4 Å². The average Bonchev–Trinajstić information content (AvgIpc) is 3.37. The number of ether oxygens (including phenoxy) is 1. The van der Waals surface area contributed by atoms with E-state index in [4.69, 9.17) is 4.74 Å². The second-order valence-corrected chi connectivity index (χ2v) is 6.42. The van der Waals surface area contributed by atoms with Crippen LogP contribution in [-0.4, -0.2) is 38.6 Å². The van der Waals surface area contributed by atoms with Crippen molar-refractivity contribution in [2.75, 3.05) is 6.61 Å². The molecule has 31 heavy (non-hydrogen) atoms. The monoisotopic (exact) mass is 414 g/mol. The van der Waals surface area contributed by atoms with Gasteiger partial charge in [-0.05, 0) is 34.2 Å². The molecule has 0 bridgehead atoms. The molecule has 2 amide bonds. The quantitative estimate of drug-likeness (QED) is 0.468. The Morgan fingerprint density at radius 1 is 0.871 bits per heavy atom. The number of carbonyl (C=O) groups excluding carboxylic acids is 2. The van der Waals surface area contributed by atoms with E-state index in [-0.39, 0.29) is 6.61 Å². The number of tetrazole rings is 1. The van der Waals surface area contributed by atoms with E-state index in [9.17, 15) is 9.59 Å². The molecular formula is C22H18N6O3. The Morgan fingerprint density at radius 3 is 2.42 bits per heavy atom. The van der Waals surface area contributed by atoms with Crippen LogP contribution >= 0.6 is 0 Å². The summed E-state index contributed by atoms with van der Waals surface area (Å²) in [6.45, 7) is -0.265. The number of aromatic nitrogens is 4. The molecule has 1 aromatic heterocycles. The van der Waals surface area contributed by atoms with Gasteiger partial charge in [0.15, 0.2) is 6.61 Å². The normalized spacial score (nSPS) is 10.3. The first-order valence-corrected chi connectivity index (χ1v) is 9.41. The fraction of sp³-hybridized carbons (Fsp3) is 0.0455. The lowest BCUT2D eigenvalue weighted by atomic mass is 10.1. The standard InChI is InChI=1S/C22H18N6O3/c29-21(14-31-20-13-7-5-10-17(20)16-8-2-1-3-9-16)24-25-22(30)18-11-4-6-12-19(18)28-15-23-26-27-28/h1-13,15H,14H2,(H,24,29)(H,25,30). The van der Waals surface area contributed by atoms with Gasteiger partial charge in [-0.1, -0.05) is 60.7 Å². The van der Waals surface area contributed by atoms with Crippen LogP contribution in [0.2, 0.25) is 0 Å². The second-order valence-electron chi connectivity index (χ2n) is 6.42. The zero-order chi connectivity index (χ0) is 21.5. The second kappa shape index (κ2) is 9.31. The molecule has 0 aliphatic heterocycles. The number of amides is 2. The molecule has 1 heterocycles. The van der Waals surface area contributed by atoms with Crippen molar-refractivity contribution in [3.05, 3.63) is 90.8 Å². The van der Waals surface area contributed by atoms with Crippen LogP contribution in [0.4, 0.5) is 0 Å². The maximum Gasteiger partial charge on any atom is 0.276 e. The van der Waals surface area contributed by atoms with Crippen LogP contribution in [0.25, 0.3) is 16.8 Å². The molecule has 0 fully saturated rings. The first kappa shape index (κ1) is 19.8. The van der Waals surface area contributed by atoms with E-state index in [0.717, 1.165) is 11.1 Å². The largest absolute Gasteiger partial charge is 0.483 e. The van der Waals surface area contributed by atoms with Gasteiger partial charge in [-0.2, -0.15) is 4.68 Å². The number of carbonyl (C=O) groups is 2. The van der Waals surface area contributed by atoms with Crippen LogP contribution < -0.4 is 15.6 Å². The summed E-state index contributed by atoms with van der Waals surface area (Å²) in [5, 5.41) is 10.9. The summed E-state index contributed by atoms with van der Waals surface area (Å²) in [7, 11) is 0. The first-order chi connectivity index (χ1) is 15.2. The molecule has 0 atom stereocenters. The van der Waals surface area contributed by atoms with Gasteiger partial charge in [-0.25, -0.2) is 0 Å². The topological polar surface area (TPSA) is 111 Å². The van der Waals surface area contributed by atoms with Gasteiger partial charge in [-0.15, -0.1) is 5.10 Å². The van der Waals surface area contributed by atoms with Crippen LogP contribution in [0.5, 0.6) is 5.75 Å². The molecule has 154 valence electrons. The molecule has 2 N–H and O–H groups in total. The smallest absolute Gasteiger partial charge is 0.276 e. The van der Waals surface area contributed by atoms with Crippen molar-refractivity contribution in [2.24, 2.45) is 0 Å². The predicted octanol–water partition coefficient (Wildman–Crippen LogP) is 2.17. The van der Waals surface area contributed by atoms with Crippen LogP contribution in [0.3, 0.4) is 0 Å². The Bertz CT molecular complexity index is 1180. The first-order valence-electron chi connectivity index (χ1n) is 9.41. The fourth-order valence-corrected chi connectivity index (χ4v) is 2.96. The molecule has 4 aromatic rings. The third-order valence-electron chi connectivity index (χ3n) is 4.39. The average molecular weight is 414 g/mol. The summed E-state index contributed by atoms with van der Waals surface area (Å²) in [4.78, 5) is 24.8. The Morgan fingerprint density at radius 2 is 1.61 bits per heavy atom. The summed E-state index contributed by atoms with van der Waals surface area (Å²) >= 11 is 0. The van der Waals surface area contributed by atoms with Gasteiger partial charge in [0.05, 0.1) is 11.3 Å². The molecule has 0 aliphatic carbocycles. The Hall–Kier alpha value is -4.53. The number of rotatable bonds is 6. The molecule has 9 heteroatoms. The lowest BCUT2D eigenvalue weighted by Gasteiger charge is -2.13. The van der Waals surface area contributed by atoms with Crippen LogP contribution in [0, 0.1) is 0 Å². The van der Waals surface area contributed by atoms with E-state index in [0.29, 0.717) is 17.0 Å². The van der Waals surface area contributed by atoms with Gasteiger partial charge < -0.3 is 4.74 Å². The summed E-state index contributed by atoms with van der Waals surface area (Å²) < 4.78 is 7.04. The molecule has 3 aromatic carbocycles. The zero-order valence-corrected chi connectivity index (χ0v) is 16.3. The minimum absolute atomic E-state index is 0.265. The minimum atomic E-state index is -0.510. The molecule has 9 nitrogen and oxygen atoms in total. The Labute approximate surface area is 177 Å². The minimum Gasteiger partial charge on any atom is -0.483 e. The van der Waals surface area contributed by atoms with Crippen molar-refractivity contribution in [3.63, 3.8) is 0 Å². The molecule has 0 unspecified atom stereocenters. The highest BCUT2D eigenvalue weighted by Gasteiger charge is 2.14. The summed E-state index contributed by atoms with van der Waals surface area (Å²) in [6, 6.07) is 23.9. The van der Waals surface area contributed by atoms with E-state index in [1.807, 2.05) is 48.5 Å². The number of benzene rings is 3. The van der Waals surface area contributed by atoms with E-state index in [1.165, 1.54) is 11.0 Å². The highest BCUT2D eigenvalue weighted by Crippen LogP contribution is 2.29. The maximum absolute atomic E-state index is 12.5. The number of hydrogen-bond donors (Lipinski definition) is 2.